The highest BCUT2D eigenvalue weighted by atomic mass is 35.5. The molecular formula is C24H23ClF2N4O2S. The molecule has 4 heterocycles. The maximum atomic E-state index is 13.9. The van der Waals surface area contributed by atoms with Gasteiger partial charge in [0.15, 0.2) is 5.82 Å². The number of rotatable bonds is 6. The van der Waals surface area contributed by atoms with Crippen LogP contribution in [0.1, 0.15) is 37.0 Å². The number of hydrogen-bond donors (Lipinski definition) is 1. The van der Waals surface area contributed by atoms with Gasteiger partial charge in [0.25, 0.3) is 0 Å². The van der Waals surface area contributed by atoms with E-state index in [1.54, 1.807) is 26.1 Å². The van der Waals surface area contributed by atoms with Crippen LogP contribution >= 0.6 is 22.9 Å². The molecule has 4 rings (SSSR count). The SMILES string of the molecule is CC1=CC(OCc2ncc(F)cc2F)=C(Cl)CN1c1cc(-c2csc(C(C)(C)O)n2)ncc1C. The van der Waals surface area contributed by atoms with Crippen molar-refractivity contribution in [2.45, 2.75) is 39.9 Å². The average molecular weight is 505 g/mol. The molecule has 0 fully saturated rings. The summed E-state index contributed by atoms with van der Waals surface area (Å²) >= 11 is 7.91. The monoisotopic (exact) mass is 504 g/mol. The van der Waals surface area contributed by atoms with Gasteiger partial charge in [-0.25, -0.2) is 13.8 Å². The summed E-state index contributed by atoms with van der Waals surface area (Å²) in [4.78, 5) is 14.8. The minimum Gasteiger partial charge on any atom is -0.486 e. The molecule has 178 valence electrons. The zero-order valence-corrected chi connectivity index (χ0v) is 20.6. The zero-order chi connectivity index (χ0) is 24.6. The number of pyridine rings is 2. The largest absolute Gasteiger partial charge is 0.486 e. The molecule has 3 aromatic rings. The lowest BCUT2D eigenvalue weighted by Gasteiger charge is -2.31. The van der Waals surface area contributed by atoms with Crippen LogP contribution in [0.15, 0.2) is 52.5 Å². The molecule has 0 saturated heterocycles. The summed E-state index contributed by atoms with van der Waals surface area (Å²) < 4.78 is 32.6. The van der Waals surface area contributed by atoms with Crippen LogP contribution < -0.4 is 4.90 Å². The van der Waals surface area contributed by atoms with E-state index in [-0.39, 0.29) is 12.3 Å². The Morgan fingerprint density at radius 1 is 1.18 bits per heavy atom. The van der Waals surface area contributed by atoms with E-state index >= 15 is 0 Å². The van der Waals surface area contributed by atoms with Crippen molar-refractivity contribution >= 4 is 28.6 Å². The first-order chi connectivity index (χ1) is 16.0. The molecular weight excluding hydrogens is 482 g/mol. The second kappa shape index (κ2) is 9.40. The molecule has 0 aliphatic carbocycles. The number of thiazole rings is 1. The van der Waals surface area contributed by atoms with E-state index < -0.39 is 17.2 Å². The molecule has 1 aliphatic heterocycles. The number of allylic oxidation sites excluding steroid dienone is 2. The van der Waals surface area contributed by atoms with E-state index in [2.05, 4.69) is 15.0 Å². The second-order valence-corrected chi connectivity index (χ2v) is 9.78. The summed E-state index contributed by atoms with van der Waals surface area (Å²) in [5, 5.41) is 13.1. The van der Waals surface area contributed by atoms with Crippen LogP contribution in [0.4, 0.5) is 14.5 Å². The van der Waals surface area contributed by atoms with Crippen LogP contribution in [0.5, 0.6) is 0 Å². The van der Waals surface area contributed by atoms with Gasteiger partial charge < -0.3 is 14.7 Å². The molecule has 3 aromatic heterocycles. The number of ether oxygens (including phenoxy) is 1. The van der Waals surface area contributed by atoms with Gasteiger partial charge in [-0.3, -0.25) is 9.97 Å². The third-order valence-electron chi connectivity index (χ3n) is 5.23. The number of aryl methyl sites for hydroxylation is 1. The molecule has 0 atom stereocenters. The number of anilines is 1. The molecule has 0 unspecified atom stereocenters. The Morgan fingerprint density at radius 3 is 2.62 bits per heavy atom. The third kappa shape index (κ3) is 5.11. The molecule has 10 heteroatoms. The van der Waals surface area contributed by atoms with E-state index in [4.69, 9.17) is 16.3 Å². The average Bonchev–Trinajstić information content (AvgIpc) is 3.26. The standard InChI is InChI=1S/C24H23ClF2N4O2S/c1-13-8-28-18(20-12-34-23(30-20)24(3,4)32)7-21(13)31-10-16(25)22(5-14(31)2)33-11-19-17(27)6-15(26)9-29-19/h5-9,12,32H,10-11H2,1-4H3. The quantitative estimate of drug-likeness (QED) is 0.457. The zero-order valence-electron chi connectivity index (χ0n) is 19.1. The number of aromatic nitrogens is 3. The van der Waals surface area contributed by atoms with Crippen LogP contribution in [-0.2, 0) is 16.9 Å². The van der Waals surface area contributed by atoms with Gasteiger partial charge in [0.1, 0.15) is 40.2 Å². The second-order valence-electron chi connectivity index (χ2n) is 8.46. The van der Waals surface area contributed by atoms with Crippen molar-refractivity contribution in [1.29, 1.82) is 0 Å². The van der Waals surface area contributed by atoms with Gasteiger partial charge in [0.05, 0.1) is 23.5 Å². The van der Waals surface area contributed by atoms with E-state index in [1.165, 1.54) is 11.3 Å². The van der Waals surface area contributed by atoms with Crippen molar-refractivity contribution in [3.05, 3.63) is 80.4 Å². The number of aliphatic hydroxyl groups is 1. The predicted molar refractivity (Wildman–Crippen MR) is 128 cm³/mol. The fourth-order valence-corrected chi connectivity index (χ4v) is 4.46. The van der Waals surface area contributed by atoms with Crippen molar-refractivity contribution in [1.82, 2.24) is 15.0 Å². The molecule has 0 aromatic carbocycles. The number of hydrogen-bond acceptors (Lipinski definition) is 7. The molecule has 34 heavy (non-hydrogen) atoms. The molecule has 0 amide bonds. The van der Waals surface area contributed by atoms with Crippen molar-refractivity contribution in [2.75, 3.05) is 11.4 Å². The van der Waals surface area contributed by atoms with Crippen LogP contribution in [0.3, 0.4) is 0 Å². The molecule has 1 aliphatic rings. The Morgan fingerprint density at radius 2 is 1.94 bits per heavy atom. The fourth-order valence-electron chi connectivity index (χ4n) is 3.39. The van der Waals surface area contributed by atoms with E-state index in [0.717, 1.165) is 29.2 Å². The summed E-state index contributed by atoms with van der Waals surface area (Å²) in [5.74, 6) is -1.12. The summed E-state index contributed by atoms with van der Waals surface area (Å²) in [6, 6.07) is 2.70. The highest BCUT2D eigenvalue weighted by molar-refractivity contribution is 7.10. The maximum absolute atomic E-state index is 13.9. The lowest BCUT2D eigenvalue weighted by molar-refractivity contribution is 0.0783. The number of halogens is 3. The van der Waals surface area contributed by atoms with Gasteiger partial charge in [-0.15, -0.1) is 11.3 Å². The van der Waals surface area contributed by atoms with Gasteiger partial charge in [0, 0.05) is 35.1 Å². The predicted octanol–water partition coefficient (Wildman–Crippen LogP) is 5.81. The van der Waals surface area contributed by atoms with Crippen molar-refractivity contribution < 1.29 is 18.6 Å². The molecule has 0 saturated carbocycles. The van der Waals surface area contributed by atoms with Gasteiger partial charge >= 0.3 is 0 Å². The van der Waals surface area contributed by atoms with Crippen LogP contribution in [-0.4, -0.2) is 26.6 Å². The normalized spacial score (nSPS) is 14.5. The topological polar surface area (TPSA) is 71.4 Å². The highest BCUT2D eigenvalue weighted by Gasteiger charge is 2.24. The highest BCUT2D eigenvalue weighted by Crippen LogP contribution is 2.34. The van der Waals surface area contributed by atoms with Gasteiger partial charge in [-0.05, 0) is 39.3 Å². The maximum Gasteiger partial charge on any atom is 0.151 e. The summed E-state index contributed by atoms with van der Waals surface area (Å²) in [5.41, 5.74) is 3.05. The molecule has 0 spiro atoms. The summed E-state index contributed by atoms with van der Waals surface area (Å²) in [7, 11) is 0. The summed E-state index contributed by atoms with van der Waals surface area (Å²) in [6.45, 7) is 7.43. The molecule has 0 bridgehead atoms. The number of nitrogens with zero attached hydrogens (tertiary/aromatic N) is 4. The van der Waals surface area contributed by atoms with Crippen molar-refractivity contribution in [3.8, 4) is 11.4 Å². The first-order valence-electron chi connectivity index (χ1n) is 10.5. The Labute approximate surface area is 205 Å². The van der Waals surface area contributed by atoms with E-state index in [1.807, 2.05) is 30.2 Å². The Bertz CT molecular complexity index is 1300. The van der Waals surface area contributed by atoms with Gasteiger partial charge in [-0.1, -0.05) is 11.6 Å². The van der Waals surface area contributed by atoms with E-state index in [9.17, 15) is 13.9 Å². The summed E-state index contributed by atoms with van der Waals surface area (Å²) in [6.07, 6.45) is 4.48. The van der Waals surface area contributed by atoms with Gasteiger partial charge in [0.2, 0.25) is 0 Å². The van der Waals surface area contributed by atoms with E-state index in [0.29, 0.717) is 33.7 Å². The third-order valence-corrected chi connectivity index (χ3v) is 6.69. The smallest absolute Gasteiger partial charge is 0.151 e. The lowest BCUT2D eigenvalue weighted by Crippen LogP contribution is -2.27. The minimum atomic E-state index is -1.02. The van der Waals surface area contributed by atoms with Crippen LogP contribution in [0, 0.1) is 18.6 Å². The Balaban J connectivity index is 1.55. The van der Waals surface area contributed by atoms with Crippen LogP contribution in [0.2, 0.25) is 0 Å². The van der Waals surface area contributed by atoms with Crippen molar-refractivity contribution in [2.24, 2.45) is 0 Å². The van der Waals surface area contributed by atoms with Gasteiger partial charge in [-0.2, -0.15) is 0 Å². The minimum absolute atomic E-state index is 0.00448. The Kier molecular flexibility index (Phi) is 6.71. The Hall–Kier alpha value is -2.88. The first-order valence-corrected chi connectivity index (χ1v) is 11.7. The molecule has 1 N–H and O–H groups in total. The van der Waals surface area contributed by atoms with Crippen LogP contribution in [0.25, 0.3) is 11.4 Å². The first kappa shape index (κ1) is 24.3. The molecule has 0 radical (unpaired) electrons. The molecule has 6 nitrogen and oxygen atoms in total. The van der Waals surface area contributed by atoms with Crippen molar-refractivity contribution in [3.63, 3.8) is 0 Å². The fraction of sp³-hybridized carbons (Fsp3) is 0.292. The lowest BCUT2D eigenvalue weighted by atomic mass is 10.1.